The highest BCUT2D eigenvalue weighted by Crippen LogP contribution is 2.30. The van der Waals surface area contributed by atoms with Crippen molar-refractivity contribution in [1.82, 2.24) is 14.9 Å². The summed E-state index contributed by atoms with van der Waals surface area (Å²) >= 11 is 0. The molecule has 0 radical (unpaired) electrons. The van der Waals surface area contributed by atoms with Crippen LogP contribution in [0.4, 0.5) is 0 Å². The van der Waals surface area contributed by atoms with Crippen LogP contribution in [-0.2, 0) is 11.3 Å². The van der Waals surface area contributed by atoms with Gasteiger partial charge < -0.3 is 14.8 Å². The molecule has 0 saturated carbocycles. The molecular formula is C16H17N3O3. The molecule has 1 unspecified atom stereocenters. The van der Waals surface area contributed by atoms with Gasteiger partial charge in [0.05, 0.1) is 17.5 Å². The third-order valence-corrected chi connectivity index (χ3v) is 4.08. The molecule has 22 heavy (non-hydrogen) atoms. The van der Waals surface area contributed by atoms with E-state index in [-0.39, 0.29) is 12.0 Å². The van der Waals surface area contributed by atoms with Crippen LogP contribution < -0.4 is 10.1 Å². The minimum atomic E-state index is -0.174. The van der Waals surface area contributed by atoms with Crippen molar-refractivity contribution in [1.29, 1.82) is 0 Å². The molecule has 114 valence electrons. The Bertz CT molecular complexity index is 704. The van der Waals surface area contributed by atoms with Gasteiger partial charge >= 0.3 is 0 Å². The van der Waals surface area contributed by atoms with E-state index in [9.17, 15) is 4.79 Å². The SMILES string of the molecule is O=C(NCC1CCCO1)c1ncn2c1COc1ccccc1-2. The standard InChI is InChI=1S/C16H17N3O3/c20-16(17-8-11-4-3-7-21-11)15-13-9-22-14-6-2-1-5-12(14)19(13)10-18-15/h1-2,5-6,10-11H,3-4,7-9H2,(H,17,20). The molecule has 0 bridgehead atoms. The first-order valence-electron chi connectivity index (χ1n) is 7.51. The van der Waals surface area contributed by atoms with Crippen molar-refractivity contribution in [3.8, 4) is 11.4 Å². The van der Waals surface area contributed by atoms with E-state index in [1.807, 2.05) is 28.8 Å². The van der Waals surface area contributed by atoms with E-state index in [1.165, 1.54) is 0 Å². The number of fused-ring (bicyclic) bond motifs is 3. The van der Waals surface area contributed by atoms with Crippen LogP contribution >= 0.6 is 0 Å². The summed E-state index contributed by atoms with van der Waals surface area (Å²) in [5, 5.41) is 2.91. The summed E-state index contributed by atoms with van der Waals surface area (Å²) in [7, 11) is 0. The van der Waals surface area contributed by atoms with E-state index >= 15 is 0 Å². The molecule has 3 heterocycles. The Morgan fingerprint density at radius 1 is 1.41 bits per heavy atom. The number of amides is 1. The average molecular weight is 299 g/mol. The van der Waals surface area contributed by atoms with Crippen LogP contribution in [0.25, 0.3) is 5.69 Å². The maximum atomic E-state index is 12.3. The molecule has 1 atom stereocenters. The summed E-state index contributed by atoms with van der Waals surface area (Å²) in [6, 6.07) is 7.73. The number of nitrogens with zero attached hydrogens (tertiary/aromatic N) is 2. The molecule has 6 nitrogen and oxygen atoms in total. The Balaban J connectivity index is 1.55. The van der Waals surface area contributed by atoms with E-state index in [1.54, 1.807) is 6.33 Å². The van der Waals surface area contributed by atoms with Gasteiger partial charge in [0, 0.05) is 13.2 Å². The minimum Gasteiger partial charge on any atom is -0.485 e. The molecule has 1 amide bonds. The van der Waals surface area contributed by atoms with Gasteiger partial charge in [-0.1, -0.05) is 12.1 Å². The van der Waals surface area contributed by atoms with Crippen molar-refractivity contribution >= 4 is 5.91 Å². The lowest BCUT2D eigenvalue weighted by Gasteiger charge is -2.20. The number of carbonyl (C=O) groups is 1. The first-order chi connectivity index (χ1) is 10.8. The Kier molecular flexibility index (Phi) is 3.31. The fourth-order valence-corrected chi connectivity index (χ4v) is 2.93. The largest absolute Gasteiger partial charge is 0.485 e. The topological polar surface area (TPSA) is 65.4 Å². The lowest BCUT2D eigenvalue weighted by Crippen LogP contribution is -2.33. The second-order valence-electron chi connectivity index (χ2n) is 5.51. The summed E-state index contributed by atoms with van der Waals surface area (Å²) in [6.07, 6.45) is 3.86. The highest BCUT2D eigenvalue weighted by atomic mass is 16.5. The van der Waals surface area contributed by atoms with Gasteiger partial charge in [0.2, 0.25) is 0 Å². The molecule has 2 aliphatic rings. The first-order valence-corrected chi connectivity index (χ1v) is 7.51. The Hall–Kier alpha value is -2.34. The number of hydrogen-bond donors (Lipinski definition) is 1. The van der Waals surface area contributed by atoms with E-state index in [0.717, 1.165) is 36.6 Å². The fourth-order valence-electron chi connectivity index (χ4n) is 2.93. The molecule has 0 aliphatic carbocycles. The van der Waals surface area contributed by atoms with E-state index < -0.39 is 0 Å². The van der Waals surface area contributed by atoms with Crippen LogP contribution in [0.5, 0.6) is 5.75 Å². The van der Waals surface area contributed by atoms with Crippen LogP contribution in [0.3, 0.4) is 0 Å². The first kappa shape index (κ1) is 13.3. The predicted octanol–water partition coefficient (Wildman–Crippen LogP) is 1.67. The van der Waals surface area contributed by atoms with E-state index in [0.29, 0.717) is 18.8 Å². The zero-order valence-corrected chi connectivity index (χ0v) is 12.1. The molecule has 2 aromatic rings. The molecule has 2 aliphatic heterocycles. The highest BCUT2D eigenvalue weighted by molar-refractivity contribution is 5.93. The molecule has 1 saturated heterocycles. The molecule has 6 heteroatoms. The fraction of sp³-hybridized carbons (Fsp3) is 0.375. The average Bonchev–Trinajstić information content (AvgIpc) is 3.22. The van der Waals surface area contributed by atoms with Gasteiger partial charge in [0.25, 0.3) is 5.91 Å². The van der Waals surface area contributed by atoms with Gasteiger partial charge in [-0.2, -0.15) is 0 Å². The van der Waals surface area contributed by atoms with Gasteiger partial charge in [0.1, 0.15) is 18.7 Å². The number of imidazole rings is 1. The third-order valence-electron chi connectivity index (χ3n) is 4.08. The number of rotatable bonds is 3. The Labute approximate surface area is 128 Å². The predicted molar refractivity (Wildman–Crippen MR) is 79.2 cm³/mol. The van der Waals surface area contributed by atoms with Gasteiger partial charge in [-0.15, -0.1) is 0 Å². The molecular weight excluding hydrogens is 282 g/mol. The van der Waals surface area contributed by atoms with E-state index in [2.05, 4.69) is 10.3 Å². The molecule has 0 spiro atoms. The number of hydrogen-bond acceptors (Lipinski definition) is 4. The van der Waals surface area contributed by atoms with Crippen LogP contribution in [-0.4, -0.2) is 34.7 Å². The van der Waals surface area contributed by atoms with Gasteiger partial charge in [0.15, 0.2) is 5.69 Å². The number of aromatic nitrogens is 2. The van der Waals surface area contributed by atoms with Gasteiger partial charge in [-0.25, -0.2) is 4.98 Å². The number of ether oxygens (including phenoxy) is 2. The Morgan fingerprint density at radius 2 is 2.32 bits per heavy atom. The van der Waals surface area contributed by atoms with Crippen molar-refractivity contribution < 1.29 is 14.3 Å². The van der Waals surface area contributed by atoms with Crippen LogP contribution in [0.1, 0.15) is 29.0 Å². The van der Waals surface area contributed by atoms with Crippen molar-refractivity contribution in [2.24, 2.45) is 0 Å². The smallest absolute Gasteiger partial charge is 0.272 e. The van der Waals surface area contributed by atoms with Gasteiger partial charge in [-0.05, 0) is 25.0 Å². The summed E-state index contributed by atoms with van der Waals surface area (Å²) in [5.74, 6) is 0.631. The minimum absolute atomic E-state index is 0.124. The summed E-state index contributed by atoms with van der Waals surface area (Å²) in [4.78, 5) is 16.6. The highest BCUT2D eigenvalue weighted by Gasteiger charge is 2.25. The normalized spacial score (nSPS) is 19.2. The molecule has 4 rings (SSSR count). The van der Waals surface area contributed by atoms with Crippen LogP contribution in [0.15, 0.2) is 30.6 Å². The lowest BCUT2D eigenvalue weighted by molar-refractivity contribution is 0.0851. The number of carbonyl (C=O) groups excluding carboxylic acids is 1. The third kappa shape index (κ3) is 2.25. The monoisotopic (exact) mass is 299 g/mol. The quantitative estimate of drug-likeness (QED) is 0.936. The van der Waals surface area contributed by atoms with E-state index in [4.69, 9.17) is 9.47 Å². The van der Waals surface area contributed by atoms with Crippen molar-refractivity contribution in [2.45, 2.75) is 25.6 Å². The molecule has 1 fully saturated rings. The second kappa shape index (κ2) is 5.46. The zero-order chi connectivity index (χ0) is 14.9. The number of para-hydroxylation sites is 2. The number of nitrogens with one attached hydrogen (secondary N) is 1. The number of benzene rings is 1. The van der Waals surface area contributed by atoms with Crippen LogP contribution in [0, 0.1) is 0 Å². The summed E-state index contributed by atoms with van der Waals surface area (Å²) in [6.45, 7) is 1.66. The Morgan fingerprint density at radius 3 is 3.18 bits per heavy atom. The van der Waals surface area contributed by atoms with Crippen molar-refractivity contribution in [3.63, 3.8) is 0 Å². The molecule has 1 N–H and O–H groups in total. The van der Waals surface area contributed by atoms with Crippen LogP contribution in [0.2, 0.25) is 0 Å². The second-order valence-corrected chi connectivity index (χ2v) is 5.51. The maximum absolute atomic E-state index is 12.3. The zero-order valence-electron chi connectivity index (χ0n) is 12.1. The molecule has 1 aromatic heterocycles. The lowest BCUT2D eigenvalue weighted by atomic mass is 10.2. The molecule has 1 aromatic carbocycles. The van der Waals surface area contributed by atoms with Gasteiger partial charge in [-0.3, -0.25) is 9.36 Å². The summed E-state index contributed by atoms with van der Waals surface area (Å²) < 4.78 is 13.1. The maximum Gasteiger partial charge on any atom is 0.272 e. The summed E-state index contributed by atoms with van der Waals surface area (Å²) in [5.41, 5.74) is 2.12. The van der Waals surface area contributed by atoms with Crippen molar-refractivity contribution in [2.75, 3.05) is 13.2 Å². The van der Waals surface area contributed by atoms with Crippen molar-refractivity contribution in [3.05, 3.63) is 42.0 Å².